The Morgan fingerprint density at radius 3 is 2.25 bits per heavy atom. The summed E-state index contributed by atoms with van der Waals surface area (Å²) in [5.74, 6) is 0.161. The molecule has 2 saturated heterocycles. The molecular formula is C26H35N3O2S. The molecule has 4 fully saturated rings. The number of carbonyl (C=O) groups excluding carboxylic acids is 1. The second-order valence-corrected chi connectivity index (χ2v) is 10.5. The Balaban J connectivity index is 1.36. The van der Waals surface area contributed by atoms with Gasteiger partial charge in [-0.3, -0.25) is 14.7 Å². The van der Waals surface area contributed by atoms with E-state index in [0.29, 0.717) is 12.1 Å². The van der Waals surface area contributed by atoms with Gasteiger partial charge in [0.2, 0.25) is 0 Å². The highest BCUT2D eigenvalue weighted by Gasteiger charge is 2.39. The monoisotopic (exact) mass is 453 g/mol. The van der Waals surface area contributed by atoms with E-state index in [1.165, 1.54) is 57.1 Å². The summed E-state index contributed by atoms with van der Waals surface area (Å²) in [7, 11) is 0. The predicted molar refractivity (Wildman–Crippen MR) is 133 cm³/mol. The van der Waals surface area contributed by atoms with Gasteiger partial charge >= 0.3 is 0 Å². The Hall–Kier alpha value is -1.79. The molecule has 172 valence electrons. The molecule has 2 aliphatic heterocycles. The zero-order chi connectivity index (χ0) is 21.8. The molecule has 2 aliphatic carbocycles. The van der Waals surface area contributed by atoms with E-state index >= 15 is 0 Å². The molecule has 5 rings (SSSR count). The summed E-state index contributed by atoms with van der Waals surface area (Å²) in [6.07, 6.45) is 14.2. The highest BCUT2D eigenvalue weighted by atomic mass is 32.2. The van der Waals surface area contributed by atoms with Crippen LogP contribution in [0.4, 0.5) is 5.69 Å². The highest BCUT2D eigenvalue weighted by molar-refractivity contribution is 8.18. The van der Waals surface area contributed by atoms with Crippen molar-refractivity contribution in [2.45, 2.75) is 76.3 Å². The molecular weight excluding hydrogens is 418 g/mol. The lowest BCUT2D eigenvalue weighted by atomic mass is 9.94. The van der Waals surface area contributed by atoms with Crippen molar-refractivity contribution < 1.29 is 9.53 Å². The van der Waals surface area contributed by atoms with E-state index in [1.54, 1.807) is 11.8 Å². The number of carbonyl (C=O) groups is 1. The van der Waals surface area contributed by atoms with Crippen LogP contribution in [0, 0.1) is 0 Å². The first-order valence-corrected chi connectivity index (χ1v) is 13.3. The molecule has 0 N–H and O–H groups in total. The summed E-state index contributed by atoms with van der Waals surface area (Å²) in [6.45, 7) is 3.45. The molecule has 6 heteroatoms. The van der Waals surface area contributed by atoms with E-state index in [9.17, 15) is 4.79 Å². The van der Waals surface area contributed by atoms with Crippen molar-refractivity contribution in [3.63, 3.8) is 0 Å². The molecule has 0 bridgehead atoms. The number of nitrogens with zero attached hydrogens (tertiary/aromatic N) is 3. The topological polar surface area (TPSA) is 45.1 Å². The number of aliphatic imine (C=N–C) groups is 1. The molecule has 1 amide bonds. The Morgan fingerprint density at radius 1 is 0.906 bits per heavy atom. The summed E-state index contributed by atoms with van der Waals surface area (Å²) >= 11 is 1.60. The number of anilines is 1. The van der Waals surface area contributed by atoms with Gasteiger partial charge in [0.1, 0.15) is 0 Å². The van der Waals surface area contributed by atoms with E-state index in [2.05, 4.69) is 40.1 Å². The maximum Gasteiger partial charge on any atom is 0.266 e. The van der Waals surface area contributed by atoms with Crippen molar-refractivity contribution >= 4 is 34.6 Å². The quantitative estimate of drug-likeness (QED) is 0.568. The van der Waals surface area contributed by atoms with Gasteiger partial charge in [0.15, 0.2) is 5.17 Å². The second-order valence-electron chi connectivity index (χ2n) is 9.47. The van der Waals surface area contributed by atoms with Crippen molar-refractivity contribution in [1.29, 1.82) is 0 Å². The molecule has 1 aromatic carbocycles. The van der Waals surface area contributed by atoms with Crippen molar-refractivity contribution in [3.8, 4) is 0 Å². The summed E-state index contributed by atoms with van der Waals surface area (Å²) in [4.78, 5) is 23.9. The van der Waals surface area contributed by atoms with Crippen molar-refractivity contribution in [1.82, 2.24) is 4.90 Å². The van der Waals surface area contributed by atoms with E-state index in [0.717, 1.165) is 54.8 Å². The van der Waals surface area contributed by atoms with Crippen LogP contribution in [0.2, 0.25) is 0 Å². The molecule has 4 aliphatic rings. The van der Waals surface area contributed by atoms with Crippen molar-refractivity contribution in [2.75, 3.05) is 31.2 Å². The second kappa shape index (κ2) is 10.4. The van der Waals surface area contributed by atoms with Gasteiger partial charge in [-0.1, -0.05) is 50.7 Å². The van der Waals surface area contributed by atoms with Gasteiger partial charge in [0.25, 0.3) is 5.91 Å². The number of rotatable bonds is 4. The van der Waals surface area contributed by atoms with Gasteiger partial charge in [0.05, 0.1) is 24.2 Å². The third-order valence-corrected chi connectivity index (χ3v) is 8.21. The van der Waals surface area contributed by atoms with Crippen LogP contribution in [0.15, 0.2) is 34.2 Å². The Bertz CT molecular complexity index is 848. The van der Waals surface area contributed by atoms with Gasteiger partial charge in [-0.25, -0.2) is 0 Å². The van der Waals surface area contributed by atoms with Crippen molar-refractivity contribution in [2.24, 2.45) is 4.99 Å². The summed E-state index contributed by atoms with van der Waals surface area (Å²) in [5.41, 5.74) is 2.31. The fourth-order valence-corrected chi connectivity index (χ4v) is 6.47. The third-order valence-electron chi connectivity index (χ3n) is 7.21. The van der Waals surface area contributed by atoms with E-state index in [1.807, 2.05) is 0 Å². The van der Waals surface area contributed by atoms with Crippen LogP contribution < -0.4 is 4.90 Å². The molecule has 5 nitrogen and oxygen atoms in total. The maximum absolute atomic E-state index is 13.5. The Labute approximate surface area is 196 Å². The van der Waals surface area contributed by atoms with Gasteiger partial charge in [-0.15, -0.1) is 0 Å². The number of hydrogen-bond acceptors (Lipinski definition) is 5. The average Bonchev–Trinajstić information content (AvgIpc) is 3.15. The number of morpholine rings is 1. The maximum atomic E-state index is 13.5. The lowest BCUT2D eigenvalue weighted by Crippen LogP contribution is -2.41. The number of hydrogen-bond donors (Lipinski definition) is 0. The summed E-state index contributed by atoms with van der Waals surface area (Å²) < 4.78 is 5.46. The number of thioether (sulfide) groups is 1. The molecule has 2 saturated carbocycles. The molecule has 2 heterocycles. The summed E-state index contributed by atoms with van der Waals surface area (Å²) in [5, 5.41) is 0.963. The molecule has 0 radical (unpaired) electrons. The van der Waals surface area contributed by atoms with E-state index in [4.69, 9.17) is 9.73 Å². The number of benzene rings is 1. The first-order valence-electron chi connectivity index (χ1n) is 12.5. The fourth-order valence-electron chi connectivity index (χ4n) is 5.36. The molecule has 0 aromatic heterocycles. The minimum Gasteiger partial charge on any atom is -0.378 e. The third kappa shape index (κ3) is 5.07. The standard InChI is InChI=1S/C26H35N3O2S/c30-25-24(19-20-11-13-22(14-12-20)28-15-17-31-18-16-28)32-26(27-21-7-3-1-4-8-21)29(25)23-9-5-2-6-10-23/h11-14,19,21,23H,1-10,15-18H2/b24-19-,27-26?. The highest BCUT2D eigenvalue weighted by Crippen LogP contribution is 2.38. The molecule has 1 aromatic rings. The zero-order valence-corrected chi connectivity index (χ0v) is 19.8. The number of amides is 1. The molecule has 0 atom stereocenters. The smallest absolute Gasteiger partial charge is 0.266 e. The van der Waals surface area contributed by atoms with Crippen LogP contribution in [0.25, 0.3) is 6.08 Å². The van der Waals surface area contributed by atoms with Gasteiger partial charge in [-0.2, -0.15) is 0 Å². The zero-order valence-electron chi connectivity index (χ0n) is 19.0. The first-order chi connectivity index (χ1) is 15.8. The Kier molecular flexibility index (Phi) is 7.18. The first kappa shape index (κ1) is 22.0. The minimum atomic E-state index is 0.161. The number of amidine groups is 1. The Morgan fingerprint density at radius 2 is 1.56 bits per heavy atom. The summed E-state index contributed by atoms with van der Waals surface area (Å²) in [6, 6.07) is 9.30. The lowest BCUT2D eigenvalue weighted by molar-refractivity contribution is -0.124. The van der Waals surface area contributed by atoms with Crippen LogP contribution in [0.1, 0.15) is 69.8 Å². The van der Waals surface area contributed by atoms with Crippen LogP contribution >= 0.6 is 11.8 Å². The minimum absolute atomic E-state index is 0.161. The van der Waals surface area contributed by atoms with Crippen LogP contribution in [0.3, 0.4) is 0 Å². The van der Waals surface area contributed by atoms with Crippen LogP contribution in [-0.2, 0) is 9.53 Å². The van der Waals surface area contributed by atoms with Gasteiger partial charge < -0.3 is 9.64 Å². The van der Waals surface area contributed by atoms with Gasteiger partial charge in [0, 0.05) is 24.8 Å². The number of ether oxygens (including phenoxy) is 1. The van der Waals surface area contributed by atoms with Crippen molar-refractivity contribution in [3.05, 3.63) is 34.7 Å². The molecule has 0 unspecified atom stereocenters. The van der Waals surface area contributed by atoms with Crippen LogP contribution in [-0.4, -0.2) is 54.4 Å². The predicted octanol–water partition coefficient (Wildman–Crippen LogP) is 5.46. The van der Waals surface area contributed by atoms with E-state index in [-0.39, 0.29) is 5.91 Å². The largest absolute Gasteiger partial charge is 0.378 e. The normalized spacial score (nSPS) is 26.4. The van der Waals surface area contributed by atoms with Gasteiger partial charge in [-0.05, 0) is 61.2 Å². The van der Waals surface area contributed by atoms with E-state index < -0.39 is 0 Å². The fraction of sp³-hybridized carbons (Fsp3) is 0.615. The van der Waals surface area contributed by atoms with Crippen LogP contribution in [0.5, 0.6) is 0 Å². The average molecular weight is 454 g/mol. The SMILES string of the molecule is O=C1/C(=C/c2ccc(N3CCOCC3)cc2)SC(=NC2CCCCC2)N1C1CCCCC1. The molecule has 0 spiro atoms. The molecule has 32 heavy (non-hydrogen) atoms. The lowest BCUT2D eigenvalue weighted by Gasteiger charge is -2.31.